The summed E-state index contributed by atoms with van der Waals surface area (Å²) in [5.41, 5.74) is 3.90. The van der Waals surface area contributed by atoms with E-state index in [1.165, 1.54) is 7.11 Å². The van der Waals surface area contributed by atoms with Crippen LogP contribution in [0.15, 0.2) is 15.8 Å². The third kappa shape index (κ3) is 3.74. The van der Waals surface area contributed by atoms with Crippen molar-refractivity contribution in [1.82, 2.24) is 14.9 Å². The highest BCUT2D eigenvalue weighted by Crippen LogP contribution is 1.89. The Morgan fingerprint density at radius 2 is 2.28 bits per heavy atom. The van der Waals surface area contributed by atoms with E-state index in [4.69, 9.17) is 10.5 Å². The summed E-state index contributed by atoms with van der Waals surface area (Å²) < 4.78 is 5.90. The zero-order valence-corrected chi connectivity index (χ0v) is 10.2. The van der Waals surface area contributed by atoms with Crippen molar-refractivity contribution in [3.63, 3.8) is 0 Å². The lowest BCUT2D eigenvalue weighted by atomic mass is 10.3. The van der Waals surface area contributed by atoms with Crippen LogP contribution in [0.2, 0.25) is 0 Å². The molecule has 1 atom stereocenters. The monoisotopic (exact) mass is 256 g/mol. The van der Waals surface area contributed by atoms with Gasteiger partial charge in [-0.1, -0.05) is 0 Å². The average Bonchev–Trinajstić information content (AvgIpc) is 2.26. The number of hydrogen-bond acceptors (Lipinski definition) is 5. The number of hydrogen-bond donors (Lipinski definition) is 3. The van der Waals surface area contributed by atoms with E-state index < -0.39 is 11.2 Å². The van der Waals surface area contributed by atoms with E-state index >= 15 is 0 Å². The van der Waals surface area contributed by atoms with Crippen molar-refractivity contribution in [3.05, 3.63) is 27.0 Å². The molecule has 0 saturated heterocycles. The second-order valence-corrected chi connectivity index (χ2v) is 3.90. The minimum atomic E-state index is -0.677. The molecule has 1 amide bonds. The van der Waals surface area contributed by atoms with Crippen LogP contribution in [0.4, 0.5) is 5.69 Å². The van der Waals surface area contributed by atoms with Gasteiger partial charge in [0, 0.05) is 19.3 Å². The molecule has 8 nitrogen and oxygen atoms in total. The molecule has 0 bridgehead atoms. The van der Waals surface area contributed by atoms with Gasteiger partial charge in [-0.2, -0.15) is 0 Å². The van der Waals surface area contributed by atoms with E-state index in [2.05, 4.69) is 5.32 Å². The minimum absolute atomic E-state index is 0.118. The smallest absolute Gasteiger partial charge is 0.328 e. The van der Waals surface area contributed by atoms with Gasteiger partial charge in [0.05, 0.1) is 6.61 Å². The number of anilines is 1. The van der Waals surface area contributed by atoms with Gasteiger partial charge in [-0.15, -0.1) is 0 Å². The highest BCUT2D eigenvalue weighted by molar-refractivity contribution is 5.76. The fourth-order valence-electron chi connectivity index (χ4n) is 1.41. The number of nitrogens with two attached hydrogens (primary N) is 1. The molecule has 4 N–H and O–H groups in total. The standard InChI is InChI=1S/C10H16N4O4/c1-6(5-18-2)12-8(15)4-14-3-7(11)9(16)13-10(14)17/h3,6H,4-5,11H2,1-2H3,(H,12,15)(H,13,16,17). The van der Waals surface area contributed by atoms with Gasteiger partial charge in [-0.25, -0.2) is 4.79 Å². The number of carbonyl (C=O) groups is 1. The van der Waals surface area contributed by atoms with Gasteiger partial charge in [0.25, 0.3) is 5.56 Å². The second kappa shape index (κ2) is 6.01. The van der Waals surface area contributed by atoms with E-state index in [1.807, 2.05) is 4.98 Å². The van der Waals surface area contributed by atoms with Crippen LogP contribution in [0.25, 0.3) is 0 Å². The van der Waals surface area contributed by atoms with Crippen molar-refractivity contribution in [1.29, 1.82) is 0 Å². The third-order valence-corrected chi connectivity index (χ3v) is 2.18. The summed E-state index contributed by atoms with van der Waals surface area (Å²) in [6, 6.07) is -0.168. The zero-order valence-electron chi connectivity index (χ0n) is 10.2. The van der Waals surface area contributed by atoms with Crippen molar-refractivity contribution in [2.75, 3.05) is 19.5 Å². The Labute approximate surface area is 103 Å². The van der Waals surface area contributed by atoms with Crippen molar-refractivity contribution >= 4 is 11.6 Å². The van der Waals surface area contributed by atoms with Gasteiger partial charge in [-0.3, -0.25) is 19.1 Å². The van der Waals surface area contributed by atoms with Gasteiger partial charge in [0.15, 0.2) is 0 Å². The molecular weight excluding hydrogens is 240 g/mol. The molecule has 0 radical (unpaired) electrons. The van der Waals surface area contributed by atoms with Crippen LogP contribution in [0.1, 0.15) is 6.92 Å². The van der Waals surface area contributed by atoms with Gasteiger partial charge in [0.2, 0.25) is 5.91 Å². The summed E-state index contributed by atoms with van der Waals surface area (Å²) in [7, 11) is 1.52. The molecular formula is C10H16N4O4. The summed E-state index contributed by atoms with van der Waals surface area (Å²) >= 11 is 0. The Bertz CT molecular complexity index is 533. The number of rotatable bonds is 5. The molecule has 1 heterocycles. The molecule has 0 aliphatic rings. The first-order valence-electron chi connectivity index (χ1n) is 5.31. The van der Waals surface area contributed by atoms with Gasteiger partial charge in [-0.05, 0) is 6.92 Å². The van der Waals surface area contributed by atoms with Crippen molar-refractivity contribution in [2.24, 2.45) is 0 Å². The maximum absolute atomic E-state index is 11.6. The number of aromatic amines is 1. The molecule has 0 spiro atoms. The fourth-order valence-corrected chi connectivity index (χ4v) is 1.41. The van der Waals surface area contributed by atoms with Crippen LogP contribution in [0, 0.1) is 0 Å². The number of methoxy groups -OCH3 is 1. The second-order valence-electron chi connectivity index (χ2n) is 3.90. The SMILES string of the molecule is COCC(C)NC(=O)Cn1cc(N)c(=O)[nH]c1=O. The van der Waals surface area contributed by atoms with Crippen LogP contribution in [-0.2, 0) is 16.1 Å². The molecule has 1 rings (SSSR count). The highest BCUT2D eigenvalue weighted by atomic mass is 16.5. The molecule has 0 aromatic carbocycles. The largest absolute Gasteiger partial charge is 0.393 e. The topological polar surface area (TPSA) is 119 Å². The summed E-state index contributed by atoms with van der Waals surface area (Å²) in [6.07, 6.45) is 1.14. The predicted molar refractivity (Wildman–Crippen MR) is 65.2 cm³/mol. The summed E-state index contributed by atoms with van der Waals surface area (Å²) in [5.74, 6) is -0.368. The number of carbonyl (C=O) groups excluding carboxylic acids is 1. The number of nitrogen functional groups attached to an aromatic ring is 1. The zero-order chi connectivity index (χ0) is 13.7. The molecule has 1 aromatic heterocycles. The molecule has 0 aliphatic heterocycles. The van der Waals surface area contributed by atoms with Gasteiger partial charge >= 0.3 is 5.69 Å². The Kier molecular flexibility index (Phi) is 4.67. The van der Waals surface area contributed by atoms with E-state index in [9.17, 15) is 14.4 Å². The summed E-state index contributed by atoms with van der Waals surface area (Å²) in [6.45, 7) is 1.92. The first-order chi connectivity index (χ1) is 8.43. The fraction of sp³-hybridized carbons (Fsp3) is 0.500. The molecule has 100 valence electrons. The molecule has 1 aromatic rings. The third-order valence-electron chi connectivity index (χ3n) is 2.18. The maximum Gasteiger partial charge on any atom is 0.328 e. The molecule has 1 unspecified atom stereocenters. The highest BCUT2D eigenvalue weighted by Gasteiger charge is 2.09. The summed E-state index contributed by atoms with van der Waals surface area (Å²) in [4.78, 5) is 36.0. The lowest BCUT2D eigenvalue weighted by molar-refractivity contribution is -0.122. The first-order valence-corrected chi connectivity index (χ1v) is 5.31. The van der Waals surface area contributed by atoms with Gasteiger partial charge in [0.1, 0.15) is 12.2 Å². The van der Waals surface area contributed by atoms with Gasteiger partial charge < -0.3 is 15.8 Å². The van der Waals surface area contributed by atoms with Crippen LogP contribution in [-0.4, -0.2) is 35.2 Å². The number of aromatic nitrogens is 2. The Hall–Kier alpha value is -2.09. The van der Waals surface area contributed by atoms with Crippen LogP contribution in [0.3, 0.4) is 0 Å². The lowest BCUT2D eigenvalue weighted by Gasteiger charge is -2.13. The molecule has 0 aliphatic carbocycles. The molecule has 18 heavy (non-hydrogen) atoms. The number of nitrogens with zero attached hydrogens (tertiary/aromatic N) is 1. The number of nitrogens with one attached hydrogen (secondary N) is 2. The van der Waals surface area contributed by atoms with Crippen molar-refractivity contribution < 1.29 is 9.53 Å². The number of H-pyrrole nitrogens is 1. The molecule has 8 heteroatoms. The van der Waals surface area contributed by atoms with E-state index in [0.29, 0.717) is 6.61 Å². The quantitative estimate of drug-likeness (QED) is 0.578. The predicted octanol–water partition coefficient (Wildman–Crippen LogP) is -1.73. The van der Waals surface area contributed by atoms with E-state index in [-0.39, 0.29) is 24.2 Å². The molecule has 0 saturated carbocycles. The van der Waals surface area contributed by atoms with Crippen LogP contribution < -0.4 is 22.3 Å². The Balaban J connectivity index is 2.74. The lowest BCUT2D eigenvalue weighted by Crippen LogP contribution is -2.41. The van der Waals surface area contributed by atoms with E-state index in [0.717, 1.165) is 10.8 Å². The number of ether oxygens (including phenoxy) is 1. The first kappa shape index (κ1) is 14.0. The normalized spacial score (nSPS) is 12.1. The van der Waals surface area contributed by atoms with Crippen LogP contribution >= 0.6 is 0 Å². The maximum atomic E-state index is 11.6. The van der Waals surface area contributed by atoms with Crippen LogP contribution in [0.5, 0.6) is 0 Å². The van der Waals surface area contributed by atoms with Crippen molar-refractivity contribution in [3.8, 4) is 0 Å². The Morgan fingerprint density at radius 3 is 2.89 bits per heavy atom. The minimum Gasteiger partial charge on any atom is -0.393 e. The number of amides is 1. The molecule has 0 fully saturated rings. The average molecular weight is 256 g/mol. The summed E-state index contributed by atoms with van der Waals surface area (Å²) in [5, 5.41) is 2.63. The Morgan fingerprint density at radius 1 is 1.61 bits per heavy atom. The van der Waals surface area contributed by atoms with Crippen molar-refractivity contribution in [2.45, 2.75) is 19.5 Å². The van der Waals surface area contributed by atoms with E-state index in [1.54, 1.807) is 6.92 Å².